The van der Waals surface area contributed by atoms with Gasteiger partial charge in [-0.2, -0.15) is 5.26 Å². The summed E-state index contributed by atoms with van der Waals surface area (Å²) in [6, 6.07) is 23.2. The largest absolute Gasteiger partial charge is 0.489 e. The molecule has 1 amide bonds. The maximum absolute atomic E-state index is 12.3. The van der Waals surface area contributed by atoms with Crippen LogP contribution in [0.2, 0.25) is 10.0 Å². The quantitative estimate of drug-likeness (QED) is 0.384. The Balaban J connectivity index is 1.65. The Morgan fingerprint density at radius 3 is 2.41 bits per heavy atom. The van der Waals surface area contributed by atoms with Crippen molar-refractivity contribution in [2.24, 2.45) is 0 Å². The van der Waals surface area contributed by atoms with Gasteiger partial charge in [0.2, 0.25) is 0 Å². The number of anilines is 1. The monoisotopic (exact) mass is 422 g/mol. The Kier molecular flexibility index (Phi) is 6.91. The van der Waals surface area contributed by atoms with Crippen LogP contribution in [0.15, 0.2) is 78.4 Å². The van der Waals surface area contributed by atoms with Crippen LogP contribution in [0.5, 0.6) is 5.75 Å². The molecule has 3 rings (SSSR count). The predicted molar refractivity (Wildman–Crippen MR) is 116 cm³/mol. The molecule has 0 bridgehead atoms. The van der Waals surface area contributed by atoms with Crippen molar-refractivity contribution in [3.8, 4) is 11.8 Å². The first-order valence-corrected chi connectivity index (χ1v) is 9.46. The van der Waals surface area contributed by atoms with E-state index in [1.165, 1.54) is 6.08 Å². The van der Waals surface area contributed by atoms with E-state index in [0.717, 1.165) is 5.56 Å². The summed E-state index contributed by atoms with van der Waals surface area (Å²) in [6.45, 7) is 0.300. The molecule has 0 fully saturated rings. The zero-order valence-corrected chi connectivity index (χ0v) is 16.7. The number of para-hydroxylation sites is 1. The fourth-order valence-electron chi connectivity index (χ4n) is 2.50. The Morgan fingerprint density at radius 1 is 1.03 bits per heavy atom. The first-order valence-electron chi connectivity index (χ1n) is 8.70. The third-order valence-corrected chi connectivity index (χ3v) is 4.58. The first-order chi connectivity index (χ1) is 14.0. The van der Waals surface area contributed by atoms with Crippen LogP contribution in [0.1, 0.15) is 11.1 Å². The first kappa shape index (κ1) is 20.5. The molecule has 0 saturated carbocycles. The van der Waals surface area contributed by atoms with E-state index in [0.29, 0.717) is 33.7 Å². The van der Waals surface area contributed by atoms with E-state index in [1.54, 1.807) is 60.7 Å². The number of nitrogens with zero attached hydrogens (tertiary/aromatic N) is 1. The molecule has 0 aliphatic carbocycles. The van der Waals surface area contributed by atoms with Crippen LogP contribution in [0.4, 0.5) is 5.69 Å². The molecule has 3 aromatic carbocycles. The molecular formula is C23H16Cl2N2O2. The van der Waals surface area contributed by atoms with Gasteiger partial charge in [-0.3, -0.25) is 4.79 Å². The molecule has 0 radical (unpaired) electrons. The highest BCUT2D eigenvalue weighted by molar-refractivity contribution is 6.35. The lowest BCUT2D eigenvalue weighted by atomic mass is 10.1. The van der Waals surface area contributed by atoms with Gasteiger partial charge in [-0.05, 0) is 48.0 Å². The van der Waals surface area contributed by atoms with Gasteiger partial charge in [0.25, 0.3) is 5.91 Å². The molecule has 0 aliphatic rings. The number of carbonyl (C=O) groups is 1. The van der Waals surface area contributed by atoms with E-state index in [2.05, 4.69) is 5.32 Å². The number of hydrogen-bond acceptors (Lipinski definition) is 3. The highest BCUT2D eigenvalue weighted by Crippen LogP contribution is 2.23. The number of hydrogen-bond donors (Lipinski definition) is 1. The lowest BCUT2D eigenvalue weighted by Gasteiger charge is -2.08. The second kappa shape index (κ2) is 9.79. The Morgan fingerprint density at radius 2 is 1.76 bits per heavy atom. The van der Waals surface area contributed by atoms with Gasteiger partial charge < -0.3 is 10.1 Å². The molecule has 0 aliphatic heterocycles. The SMILES string of the molecule is N#C/C(=C\c1ccc(OCc2ccc(Cl)cc2Cl)cc1)C(=O)Nc1ccccc1. The topological polar surface area (TPSA) is 62.1 Å². The third-order valence-electron chi connectivity index (χ3n) is 4.00. The van der Waals surface area contributed by atoms with Crippen LogP contribution in [-0.2, 0) is 11.4 Å². The number of amides is 1. The number of carbonyl (C=O) groups excluding carboxylic acids is 1. The highest BCUT2D eigenvalue weighted by atomic mass is 35.5. The molecule has 29 heavy (non-hydrogen) atoms. The summed E-state index contributed by atoms with van der Waals surface area (Å²) in [6.07, 6.45) is 1.53. The van der Waals surface area contributed by atoms with Crippen molar-refractivity contribution < 1.29 is 9.53 Å². The fourth-order valence-corrected chi connectivity index (χ4v) is 2.96. The molecule has 0 spiro atoms. The Bertz CT molecular complexity index is 1070. The molecule has 0 aromatic heterocycles. The zero-order valence-electron chi connectivity index (χ0n) is 15.2. The van der Waals surface area contributed by atoms with Crippen LogP contribution in [0, 0.1) is 11.3 Å². The van der Waals surface area contributed by atoms with E-state index in [9.17, 15) is 10.1 Å². The molecule has 6 heteroatoms. The number of benzene rings is 3. The summed E-state index contributed by atoms with van der Waals surface area (Å²) >= 11 is 12.0. The molecule has 0 saturated heterocycles. The van der Waals surface area contributed by atoms with E-state index in [-0.39, 0.29) is 5.57 Å². The van der Waals surface area contributed by atoms with Crippen LogP contribution in [-0.4, -0.2) is 5.91 Å². The van der Waals surface area contributed by atoms with Crippen molar-refractivity contribution in [3.05, 3.63) is 99.5 Å². The molecule has 0 heterocycles. The summed E-state index contributed by atoms with van der Waals surface area (Å²) in [5.74, 6) is 0.178. The average molecular weight is 423 g/mol. The lowest BCUT2D eigenvalue weighted by molar-refractivity contribution is -0.112. The van der Waals surface area contributed by atoms with Gasteiger partial charge in [-0.25, -0.2) is 0 Å². The van der Waals surface area contributed by atoms with Crippen molar-refractivity contribution in [1.82, 2.24) is 0 Å². The highest BCUT2D eigenvalue weighted by Gasteiger charge is 2.09. The lowest BCUT2D eigenvalue weighted by Crippen LogP contribution is -2.13. The Hall–Kier alpha value is -3.26. The van der Waals surface area contributed by atoms with Crippen molar-refractivity contribution >= 4 is 40.9 Å². The minimum atomic E-state index is -0.462. The van der Waals surface area contributed by atoms with Gasteiger partial charge in [0.05, 0.1) is 0 Å². The normalized spacial score (nSPS) is 10.9. The van der Waals surface area contributed by atoms with Crippen LogP contribution < -0.4 is 10.1 Å². The van der Waals surface area contributed by atoms with Gasteiger partial charge in [0.1, 0.15) is 24.0 Å². The van der Waals surface area contributed by atoms with Crippen molar-refractivity contribution in [2.45, 2.75) is 6.61 Å². The summed E-state index contributed by atoms with van der Waals surface area (Å²) < 4.78 is 5.73. The molecule has 4 nitrogen and oxygen atoms in total. The standard InChI is InChI=1S/C23H16Cl2N2O2/c24-19-9-8-17(22(25)13-19)15-29-21-10-6-16(7-11-21)12-18(14-26)23(28)27-20-4-2-1-3-5-20/h1-13H,15H2,(H,27,28)/b18-12+. The van der Waals surface area contributed by atoms with E-state index in [4.69, 9.17) is 27.9 Å². The molecule has 144 valence electrons. The second-order valence-electron chi connectivity index (χ2n) is 6.08. The van der Waals surface area contributed by atoms with Gasteiger partial charge >= 0.3 is 0 Å². The van der Waals surface area contributed by atoms with Gasteiger partial charge in [-0.1, -0.05) is 59.6 Å². The fraction of sp³-hybridized carbons (Fsp3) is 0.0435. The van der Waals surface area contributed by atoms with Gasteiger partial charge in [-0.15, -0.1) is 0 Å². The van der Waals surface area contributed by atoms with Crippen molar-refractivity contribution in [2.75, 3.05) is 5.32 Å². The minimum Gasteiger partial charge on any atom is -0.489 e. The Labute approximate surface area is 179 Å². The molecular weight excluding hydrogens is 407 g/mol. The minimum absolute atomic E-state index is 0.00969. The van der Waals surface area contributed by atoms with Crippen molar-refractivity contribution in [1.29, 1.82) is 5.26 Å². The summed E-state index contributed by atoms with van der Waals surface area (Å²) in [5, 5.41) is 13.1. The number of nitriles is 1. The summed E-state index contributed by atoms with van der Waals surface area (Å²) in [4.78, 5) is 12.3. The summed E-state index contributed by atoms with van der Waals surface area (Å²) in [5.41, 5.74) is 2.17. The number of halogens is 2. The molecule has 1 N–H and O–H groups in total. The molecule has 0 atom stereocenters. The zero-order chi connectivity index (χ0) is 20.6. The van der Waals surface area contributed by atoms with E-state index in [1.807, 2.05) is 18.2 Å². The molecule has 0 unspecified atom stereocenters. The van der Waals surface area contributed by atoms with Crippen LogP contribution >= 0.6 is 23.2 Å². The van der Waals surface area contributed by atoms with E-state index >= 15 is 0 Å². The molecule has 3 aromatic rings. The van der Waals surface area contributed by atoms with Crippen molar-refractivity contribution in [3.63, 3.8) is 0 Å². The van der Waals surface area contributed by atoms with E-state index < -0.39 is 5.91 Å². The van der Waals surface area contributed by atoms with Crippen LogP contribution in [0.25, 0.3) is 6.08 Å². The number of ether oxygens (including phenoxy) is 1. The van der Waals surface area contributed by atoms with Crippen LogP contribution in [0.3, 0.4) is 0 Å². The smallest absolute Gasteiger partial charge is 0.266 e. The van der Waals surface area contributed by atoms with Gasteiger partial charge in [0, 0.05) is 21.3 Å². The maximum atomic E-state index is 12.3. The second-order valence-corrected chi connectivity index (χ2v) is 6.93. The average Bonchev–Trinajstić information content (AvgIpc) is 2.73. The predicted octanol–water partition coefficient (Wildman–Crippen LogP) is 6.12. The number of rotatable bonds is 6. The third kappa shape index (κ3) is 5.86. The maximum Gasteiger partial charge on any atom is 0.266 e. The summed E-state index contributed by atoms with van der Waals surface area (Å²) in [7, 11) is 0. The number of nitrogens with one attached hydrogen (secondary N) is 1. The van der Waals surface area contributed by atoms with Gasteiger partial charge in [0.15, 0.2) is 0 Å².